The fourth-order valence-corrected chi connectivity index (χ4v) is 3.80. The van der Waals surface area contributed by atoms with E-state index < -0.39 is 0 Å². The summed E-state index contributed by atoms with van der Waals surface area (Å²) in [7, 11) is 0. The van der Waals surface area contributed by atoms with Crippen molar-refractivity contribution in [1.29, 1.82) is 0 Å². The molecule has 0 radical (unpaired) electrons. The Hall–Kier alpha value is -0.810. The number of nitrogens with zero attached hydrogens (tertiary/aromatic N) is 1. The van der Waals surface area contributed by atoms with Crippen molar-refractivity contribution in [1.82, 2.24) is 10.2 Å². The second-order valence-electron chi connectivity index (χ2n) is 6.13. The number of carbonyl (C=O) groups is 1. The van der Waals surface area contributed by atoms with Crippen LogP contribution >= 0.6 is 23.2 Å². The number of morpholine rings is 1. The molecule has 6 heteroatoms. The Bertz CT molecular complexity index is 544. The number of nitrogens with one attached hydrogen (secondary N) is 1. The second-order valence-corrected chi connectivity index (χ2v) is 6.97. The van der Waals surface area contributed by atoms with E-state index in [0.29, 0.717) is 34.1 Å². The molecule has 0 aliphatic carbocycles. The van der Waals surface area contributed by atoms with Crippen LogP contribution in [-0.2, 0) is 4.74 Å². The fourth-order valence-electron chi connectivity index (χ4n) is 3.30. The molecule has 0 saturated carbocycles. The number of halogens is 2. The summed E-state index contributed by atoms with van der Waals surface area (Å²) in [4.78, 5) is 14.9. The molecule has 1 aromatic rings. The van der Waals surface area contributed by atoms with Gasteiger partial charge in [0.15, 0.2) is 0 Å². The fraction of sp³-hybridized carbons (Fsp3) is 0.611. The average molecular weight is 373 g/mol. The Kier molecular flexibility index (Phi) is 7.82. The molecule has 1 aliphatic heterocycles. The normalized spacial score (nSPS) is 17.0. The van der Waals surface area contributed by atoms with Crippen LogP contribution in [0.25, 0.3) is 0 Å². The van der Waals surface area contributed by atoms with E-state index in [1.165, 1.54) is 0 Å². The lowest BCUT2D eigenvalue weighted by molar-refractivity contribution is 0.00191. The van der Waals surface area contributed by atoms with Crippen molar-refractivity contribution >= 4 is 29.1 Å². The van der Waals surface area contributed by atoms with Gasteiger partial charge in [-0.05, 0) is 24.1 Å². The standard InChI is InChI=1S/C18H26Cl2N2O2/c1-3-13(4-2)17(22-7-9-24-10-8-22)12-21-18(23)15-6-5-14(19)11-16(15)20/h5-6,11,13,17H,3-4,7-10,12H2,1-2H3,(H,21,23)/t17-/m1/s1. The minimum absolute atomic E-state index is 0.152. The van der Waals surface area contributed by atoms with E-state index in [-0.39, 0.29) is 5.91 Å². The zero-order chi connectivity index (χ0) is 17.5. The van der Waals surface area contributed by atoms with E-state index in [1.807, 2.05) is 0 Å². The molecule has 1 saturated heterocycles. The summed E-state index contributed by atoms with van der Waals surface area (Å²) in [6.07, 6.45) is 2.19. The molecule has 0 aromatic heterocycles. The van der Waals surface area contributed by atoms with Gasteiger partial charge in [0.2, 0.25) is 0 Å². The Balaban J connectivity index is 2.04. The molecule has 1 amide bonds. The van der Waals surface area contributed by atoms with Crippen molar-refractivity contribution in [3.8, 4) is 0 Å². The van der Waals surface area contributed by atoms with E-state index >= 15 is 0 Å². The second kappa shape index (κ2) is 9.62. The van der Waals surface area contributed by atoms with Crippen molar-refractivity contribution in [2.24, 2.45) is 5.92 Å². The van der Waals surface area contributed by atoms with Gasteiger partial charge in [-0.3, -0.25) is 9.69 Å². The molecule has 1 heterocycles. The van der Waals surface area contributed by atoms with Crippen LogP contribution in [0, 0.1) is 5.92 Å². The van der Waals surface area contributed by atoms with Crippen LogP contribution in [-0.4, -0.2) is 49.7 Å². The lowest BCUT2D eigenvalue weighted by Gasteiger charge is -2.38. The maximum Gasteiger partial charge on any atom is 0.252 e. The maximum atomic E-state index is 12.5. The molecule has 1 fully saturated rings. The summed E-state index contributed by atoms with van der Waals surface area (Å²) in [6, 6.07) is 5.26. The third-order valence-electron chi connectivity index (χ3n) is 4.76. The van der Waals surface area contributed by atoms with Crippen molar-refractivity contribution < 1.29 is 9.53 Å². The summed E-state index contributed by atoms with van der Waals surface area (Å²) in [5, 5.41) is 3.96. The van der Waals surface area contributed by atoms with Gasteiger partial charge in [-0.2, -0.15) is 0 Å². The molecule has 4 nitrogen and oxygen atoms in total. The van der Waals surface area contributed by atoms with Gasteiger partial charge in [-0.15, -0.1) is 0 Å². The minimum atomic E-state index is -0.152. The van der Waals surface area contributed by atoms with Gasteiger partial charge >= 0.3 is 0 Å². The Morgan fingerprint density at radius 2 is 1.92 bits per heavy atom. The molecule has 134 valence electrons. The molecule has 24 heavy (non-hydrogen) atoms. The van der Waals surface area contributed by atoms with Crippen LogP contribution in [0.5, 0.6) is 0 Å². The number of carbonyl (C=O) groups excluding carboxylic acids is 1. The maximum absolute atomic E-state index is 12.5. The monoisotopic (exact) mass is 372 g/mol. The highest BCUT2D eigenvalue weighted by Crippen LogP contribution is 2.22. The molecule has 2 rings (SSSR count). The van der Waals surface area contributed by atoms with Gasteiger partial charge in [0.1, 0.15) is 0 Å². The van der Waals surface area contributed by atoms with Crippen LogP contribution in [0.4, 0.5) is 0 Å². The number of rotatable bonds is 7. The highest BCUT2D eigenvalue weighted by molar-refractivity contribution is 6.36. The van der Waals surface area contributed by atoms with Gasteiger partial charge in [-0.25, -0.2) is 0 Å². The summed E-state index contributed by atoms with van der Waals surface area (Å²) in [5.41, 5.74) is 0.464. The van der Waals surface area contributed by atoms with E-state index in [4.69, 9.17) is 27.9 Å². The van der Waals surface area contributed by atoms with E-state index in [1.54, 1.807) is 18.2 Å². The van der Waals surface area contributed by atoms with Crippen molar-refractivity contribution in [2.75, 3.05) is 32.8 Å². The Morgan fingerprint density at radius 3 is 2.50 bits per heavy atom. The number of amides is 1. The quantitative estimate of drug-likeness (QED) is 0.789. The summed E-state index contributed by atoms with van der Waals surface area (Å²) >= 11 is 12.0. The third-order valence-corrected chi connectivity index (χ3v) is 5.30. The summed E-state index contributed by atoms with van der Waals surface area (Å²) in [6.45, 7) is 8.38. The Morgan fingerprint density at radius 1 is 1.25 bits per heavy atom. The van der Waals surface area contributed by atoms with Crippen LogP contribution in [0.15, 0.2) is 18.2 Å². The van der Waals surface area contributed by atoms with Crippen LogP contribution in [0.2, 0.25) is 10.0 Å². The van der Waals surface area contributed by atoms with Crippen LogP contribution < -0.4 is 5.32 Å². The van der Waals surface area contributed by atoms with Crippen LogP contribution in [0.3, 0.4) is 0 Å². The Labute approximate surface area is 154 Å². The molecule has 0 unspecified atom stereocenters. The molecular formula is C18H26Cl2N2O2. The summed E-state index contributed by atoms with van der Waals surface area (Å²) < 4.78 is 5.46. The largest absolute Gasteiger partial charge is 0.379 e. The lowest BCUT2D eigenvalue weighted by Crippen LogP contribution is -2.52. The summed E-state index contributed by atoms with van der Waals surface area (Å²) in [5.74, 6) is 0.393. The highest BCUT2D eigenvalue weighted by atomic mass is 35.5. The first-order valence-electron chi connectivity index (χ1n) is 8.61. The SMILES string of the molecule is CCC(CC)[C@@H](CNC(=O)c1ccc(Cl)cc1Cl)N1CCOCC1. The van der Waals surface area contributed by atoms with Crippen LogP contribution in [0.1, 0.15) is 37.0 Å². The van der Waals surface area contributed by atoms with E-state index in [0.717, 1.165) is 39.1 Å². The first-order valence-corrected chi connectivity index (χ1v) is 9.37. The lowest BCUT2D eigenvalue weighted by atomic mass is 9.92. The molecule has 0 spiro atoms. The van der Waals surface area contributed by atoms with Gasteiger partial charge in [0.05, 0.1) is 23.8 Å². The van der Waals surface area contributed by atoms with Crippen molar-refractivity contribution in [3.05, 3.63) is 33.8 Å². The molecule has 1 aliphatic rings. The average Bonchev–Trinajstić information content (AvgIpc) is 2.59. The number of hydrogen-bond acceptors (Lipinski definition) is 3. The smallest absolute Gasteiger partial charge is 0.252 e. The van der Waals surface area contributed by atoms with E-state index in [9.17, 15) is 4.79 Å². The first-order chi connectivity index (χ1) is 11.6. The number of hydrogen-bond donors (Lipinski definition) is 1. The number of ether oxygens (including phenoxy) is 1. The molecule has 0 bridgehead atoms. The number of benzene rings is 1. The minimum Gasteiger partial charge on any atom is -0.379 e. The molecule has 1 atom stereocenters. The van der Waals surface area contributed by atoms with Crippen molar-refractivity contribution in [2.45, 2.75) is 32.7 Å². The zero-order valence-electron chi connectivity index (χ0n) is 14.4. The molecule has 1 aromatic carbocycles. The third kappa shape index (κ3) is 5.09. The van der Waals surface area contributed by atoms with E-state index in [2.05, 4.69) is 24.1 Å². The topological polar surface area (TPSA) is 41.6 Å². The predicted molar refractivity (Wildman–Crippen MR) is 99.0 cm³/mol. The van der Waals surface area contributed by atoms with Gasteiger partial charge < -0.3 is 10.1 Å². The highest BCUT2D eigenvalue weighted by Gasteiger charge is 2.27. The van der Waals surface area contributed by atoms with Gasteiger partial charge in [0.25, 0.3) is 5.91 Å². The molecular weight excluding hydrogens is 347 g/mol. The first kappa shape index (κ1) is 19.5. The van der Waals surface area contributed by atoms with Gasteiger partial charge in [0, 0.05) is 30.7 Å². The molecule has 1 N–H and O–H groups in total. The van der Waals surface area contributed by atoms with Gasteiger partial charge in [-0.1, -0.05) is 49.9 Å². The van der Waals surface area contributed by atoms with Crippen molar-refractivity contribution in [3.63, 3.8) is 0 Å². The zero-order valence-corrected chi connectivity index (χ0v) is 15.9. The predicted octanol–water partition coefficient (Wildman–Crippen LogP) is 3.86.